The van der Waals surface area contributed by atoms with Gasteiger partial charge < -0.3 is 19.9 Å². The molecule has 0 aromatic heterocycles. The first kappa shape index (κ1) is 10.9. The molecule has 4 heteroatoms. The smallest absolute Gasteiger partial charge is 0.101 e. The number of rotatable bonds is 6. The molecule has 1 rings (SSSR count). The summed E-state index contributed by atoms with van der Waals surface area (Å²) in [5, 5.41) is 12.5. The Morgan fingerprint density at radius 3 is 2.54 bits per heavy atom. The van der Waals surface area contributed by atoms with Gasteiger partial charge in [0, 0.05) is 13.1 Å². The summed E-state index contributed by atoms with van der Waals surface area (Å²) < 4.78 is 10.6. The number of aliphatic hydroxyl groups excluding tert-OH is 1. The van der Waals surface area contributed by atoms with Gasteiger partial charge in [0.1, 0.15) is 6.10 Å². The fourth-order valence-electron chi connectivity index (χ4n) is 0.979. The molecule has 0 aromatic carbocycles. The molecule has 13 heavy (non-hydrogen) atoms. The van der Waals surface area contributed by atoms with Crippen LogP contribution in [0.25, 0.3) is 0 Å². The first-order valence-corrected chi connectivity index (χ1v) is 4.80. The van der Waals surface area contributed by atoms with Gasteiger partial charge in [0.2, 0.25) is 0 Å². The van der Waals surface area contributed by atoms with E-state index in [0.29, 0.717) is 13.2 Å². The molecule has 0 bridgehead atoms. The Morgan fingerprint density at radius 1 is 1.38 bits per heavy atom. The quantitative estimate of drug-likeness (QED) is 0.605. The molecule has 0 aromatic rings. The first-order valence-electron chi connectivity index (χ1n) is 4.80. The second kappa shape index (κ2) is 5.54. The summed E-state index contributed by atoms with van der Waals surface area (Å²) in [6, 6.07) is 0. The van der Waals surface area contributed by atoms with E-state index in [9.17, 15) is 5.11 Å². The van der Waals surface area contributed by atoms with E-state index in [0.717, 1.165) is 13.1 Å². The van der Waals surface area contributed by atoms with Gasteiger partial charge in [-0.3, -0.25) is 0 Å². The SMILES string of the molecule is CC(C)OCC(O)COC1CNC1. The number of aliphatic hydroxyl groups is 1. The van der Waals surface area contributed by atoms with Gasteiger partial charge in [0.25, 0.3) is 0 Å². The molecule has 1 aliphatic heterocycles. The lowest BCUT2D eigenvalue weighted by atomic mass is 10.2. The van der Waals surface area contributed by atoms with Gasteiger partial charge in [-0.2, -0.15) is 0 Å². The van der Waals surface area contributed by atoms with Crippen LogP contribution in [0.1, 0.15) is 13.8 Å². The molecule has 0 spiro atoms. The van der Waals surface area contributed by atoms with Crippen LogP contribution in [-0.4, -0.2) is 49.7 Å². The minimum atomic E-state index is -0.497. The molecule has 78 valence electrons. The predicted octanol–water partition coefficient (Wildman–Crippen LogP) is -0.239. The Kier molecular flexibility index (Phi) is 4.66. The molecule has 0 radical (unpaired) electrons. The predicted molar refractivity (Wildman–Crippen MR) is 49.7 cm³/mol. The molecule has 1 aliphatic rings. The molecule has 1 heterocycles. The summed E-state index contributed by atoms with van der Waals surface area (Å²) in [5.41, 5.74) is 0. The van der Waals surface area contributed by atoms with E-state index in [4.69, 9.17) is 9.47 Å². The molecule has 1 atom stereocenters. The van der Waals surface area contributed by atoms with Gasteiger partial charge in [-0.25, -0.2) is 0 Å². The summed E-state index contributed by atoms with van der Waals surface area (Å²) in [4.78, 5) is 0. The average molecular weight is 189 g/mol. The Labute approximate surface area is 79.2 Å². The van der Waals surface area contributed by atoms with Gasteiger partial charge in [0.05, 0.1) is 25.4 Å². The van der Waals surface area contributed by atoms with E-state index in [2.05, 4.69) is 5.32 Å². The van der Waals surface area contributed by atoms with Crippen molar-refractivity contribution in [3.63, 3.8) is 0 Å². The maximum Gasteiger partial charge on any atom is 0.101 e. The lowest BCUT2D eigenvalue weighted by molar-refractivity contribution is -0.0659. The van der Waals surface area contributed by atoms with E-state index in [1.807, 2.05) is 13.8 Å². The lowest BCUT2D eigenvalue weighted by Crippen LogP contribution is -2.49. The Hall–Kier alpha value is -0.160. The highest BCUT2D eigenvalue weighted by molar-refractivity contribution is 4.75. The van der Waals surface area contributed by atoms with Crippen LogP contribution >= 0.6 is 0 Å². The van der Waals surface area contributed by atoms with Crippen LogP contribution in [0.3, 0.4) is 0 Å². The first-order chi connectivity index (χ1) is 6.18. The van der Waals surface area contributed by atoms with Gasteiger partial charge in [-0.1, -0.05) is 0 Å². The highest BCUT2D eigenvalue weighted by atomic mass is 16.5. The average Bonchev–Trinajstić information content (AvgIpc) is 1.98. The monoisotopic (exact) mass is 189 g/mol. The van der Waals surface area contributed by atoms with Crippen LogP contribution in [0.15, 0.2) is 0 Å². The third kappa shape index (κ3) is 4.57. The molecular weight excluding hydrogens is 170 g/mol. The van der Waals surface area contributed by atoms with E-state index in [1.54, 1.807) is 0 Å². The second-order valence-corrected chi connectivity index (χ2v) is 3.65. The van der Waals surface area contributed by atoms with Crippen molar-refractivity contribution in [2.45, 2.75) is 32.2 Å². The molecular formula is C9H19NO3. The minimum Gasteiger partial charge on any atom is -0.388 e. The third-order valence-electron chi connectivity index (χ3n) is 1.89. The summed E-state index contributed by atoms with van der Waals surface area (Å²) in [6.45, 7) is 6.43. The van der Waals surface area contributed by atoms with Crippen molar-refractivity contribution in [2.75, 3.05) is 26.3 Å². The zero-order chi connectivity index (χ0) is 9.68. The van der Waals surface area contributed by atoms with Crippen molar-refractivity contribution in [2.24, 2.45) is 0 Å². The number of hydrogen-bond donors (Lipinski definition) is 2. The summed E-state index contributed by atoms with van der Waals surface area (Å²) >= 11 is 0. The zero-order valence-electron chi connectivity index (χ0n) is 8.32. The van der Waals surface area contributed by atoms with E-state index < -0.39 is 6.10 Å². The summed E-state index contributed by atoms with van der Waals surface area (Å²) in [6.07, 6.45) is -0.0447. The fourth-order valence-corrected chi connectivity index (χ4v) is 0.979. The maximum absolute atomic E-state index is 9.40. The van der Waals surface area contributed by atoms with Crippen LogP contribution < -0.4 is 5.32 Å². The Balaban J connectivity index is 1.93. The van der Waals surface area contributed by atoms with Crippen molar-refractivity contribution in [1.29, 1.82) is 0 Å². The van der Waals surface area contributed by atoms with E-state index in [-0.39, 0.29) is 12.2 Å². The van der Waals surface area contributed by atoms with Crippen LogP contribution in [-0.2, 0) is 9.47 Å². The van der Waals surface area contributed by atoms with Crippen molar-refractivity contribution >= 4 is 0 Å². The third-order valence-corrected chi connectivity index (χ3v) is 1.89. The summed E-state index contributed by atoms with van der Waals surface area (Å²) in [5.74, 6) is 0. The molecule has 1 unspecified atom stereocenters. The van der Waals surface area contributed by atoms with Gasteiger partial charge in [-0.15, -0.1) is 0 Å². The van der Waals surface area contributed by atoms with Crippen molar-refractivity contribution < 1.29 is 14.6 Å². The maximum atomic E-state index is 9.40. The van der Waals surface area contributed by atoms with E-state index >= 15 is 0 Å². The molecule has 1 saturated heterocycles. The Morgan fingerprint density at radius 2 is 2.08 bits per heavy atom. The number of hydrogen-bond acceptors (Lipinski definition) is 4. The molecule has 1 fully saturated rings. The molecule has 0 aliphatic carbocycles. The van der Waals surface area contributed by atoms with E-state index in [1.165, 1.54) is 0 Å². The number of ether oxygens (including phenoxy) is 2. The van der Waals surface area contributed by atoms with Crippen LogP contribution in [0.5, 0.6) is 0 Å². The molecule has 0 saturated carbocycles. The zero-order valence-corrected chi connectivity index (χ0v) is 8.32. The topological polar surface area (TPSA) is 50.7 Å². The standard InChI is InChI=1S/C9H19NO3/c1-7(2)12-5-8(11)6-13-9-3-10-4-9/h7-11H,3-6H2,1-2H3. The minimum absolute atomic E-state index is 0.167. The highest BCUT2D eigenvalue weighted by Gasteiger charge is 2.18. The molecule has 4 nitrogen and oxygen atoms in total. The summed E-state index contributed by atoms with van der Waals surface area (Å²) in [7, 11) is 0. The normalized spacial score (nSPS) is 20.3. The second-order valence-electron chi connectivity index (χ2n) is 3.65. The van der Waals surface area contributed by atoms with Crippen LogP contribution in [0.2, 0.25) is 0 Å². The van der Waals surface area contributed by atoms with Crippen molar-refractivity contribution in [1.82, 2.24) is 5.32 Å². The van der Waals surface area contributed by atoms with Gasteiger partial charge >= 0.3 is 0 Å². The fraction of sp³-hybridized carbons (Fsp3) is 1.00. The van der Waals surface area contributed by atoms with Gasteiger partial charge in [0.15, 0.2) is 0 Å². The van der Waals surface area contributed by atoms with Crippen LogP contribution in [0, 0.1) is 0 Å². The molecule has 0 amide bonds. The highest BCUT2D eigenvalue weighted by Crippen LogP contribution is 2.00. The van der Waals surface area contributed by atoms with Crippen LogP contribution in [0.4, 0.5) is 0 Å². The number of nitrogens with one attached hydrogen (secondary N) is 1. The Bertz CT molecular complexity index is 137. The van der Waals surface area contributed by atoms with Crippen molar-refractivity contribution in [3.05, 3.63) is 0 Å². The molecule has 2 N–H and O–H groups in total. The lowest BCUT2D eigenvalue weighted by Gasteiger charge is -2.28. The van der Waals surface area contributed by atoms with Crippen molar-refractivity contribution in [3.8, 4) is 0 Å². The van der Waals surface area contributed by atoms with Gasteiger partial charge in [-0.05, 0) is 13.8 Å². The largest absolute Gasteiger partial charge is 0.388 e.